The van der Waals surface area contributed by atoms with Crippen molar-refractivity contribution in [1.82, 2.24) is 0 Å². The van der Waals surface area contributed by atoms with Gasteiger partial charge < -0.3 is 16.8 Å². The molecule has 0 spiro atoms. The molecule has 0 bridgehead atoms. The molecule has 5 nitrogen and oxygen atoms in total. The predicted molar refractivity (Wildman–Crippen MR) is 75.9 cm³/mol. The Balaban J connectivity index is 0.00000289. The van der Waals surface area contributed by atoms with Crippen LogP contribution in [-0.4, -0.2) is 24.1 Å². The molecule has 0 aliphatic heterocycles. The van der Waals surface area contributed by atoms with Crippen molar-refractivity contribution in [2.45, 2.75) is 17.4 Å². The maximum Gasteiger partial charge on any atom is 0.241 e. The van der Waals surface area contributed by atoms with Crippen LogP contribution in [0.15, 0.2) is 29.2 Å². The third kappa shape index (κ3) is 5.39. The summed E-state index contributed by atoms with van der Waals surface area (Å²) in [5.41, 5.74) is 11.1. The molecule has 5 N–H and O–H groups in total. The number of carbonyl (C=O) groups excluding carboxylic acids is 2. The van der Waals surface area contributed by atoms with E-state index in [4.69, 9.17) is 11.5 Å². The van der Waals surface area contributed by atoms with Gasteiger partial charge in [-0.1, -0.05) is 6.07 Å². The van der Waals surface area contributed by atoms with E-state index in [2.05, 4.69) is 5.32 Å². The van der Waals surface area contributed by atoms with E-state index in [9.17, 15) is 9.59 Å². The van der Waals surface area contributed by atoms with Crippen LogP contribution in [-0.2, 0) is 9.59 Å². The number of carbonyl (C=O) groups is 2. The highest BCUT2D eigenvalue weighted by Crippen LogP contribution is 2.18. The van der Waals surface area contributed by atoms with Crippen molar-refractivity contribution in [1.29, 1.82) is 0 Å². The monoisotopic (exact) mass is 289 g/mol. The Hall–Kier alpha value is -1.24. The van der Waals surface area contributed by atoms with Gasteiger partial charge in [-0.2, -0.15) is 0 Å². The summed E-state index contributed by atoms with van der Waals surface area (Å²) in [6.07, 6.45) is 1.79. The zero-order valence-electron chi connectivity index (χ0n) is 9.88. The largest absolute Gasteiger partial charge is 0.370 e. The highest BCUT2D eigenvalue weighted by Gasteiger charge is 2.15. The summed E-state index contributed by atoms with van der Waals surface area (Å²) in [6.45, 7) is 0. The zero-order valence-corrected chi connectivity index (χ0v) is 11.5. The first kappa shape index (κ1) is 16.8. The Kier molecular flexibility index (Phi) is 7.42. The number of thioether (sulfide) groups is 1. The van der Waals surface area contributed by atoms with E-state index in [1.165, 1.54) is 0 Å². The second kappa shape index (κ2) is 7.97. The van der Waals surface area contributed by atoms with Crippen LogP contribution in [0.2, 0.25) is 0 Å². The summed E-state index contributed by atoms with van der Waals surface area (Å²) in [5, 5.41) is 2.64. The van der Waals surface area contributed by atoms with E-state index in [1.54, 1.807) is 17.8 Å². The molecule has 100 valence electrons. The van der Waals surface area contributed by atoms with E-state index in [0.717, 1.165) is 4.90 Å². The lowest BCUT2D eigenvalue weighted by Gasteiger charge is -2.11. The second-order valence-corrected chi connectivity index (χ2v) is 4.38. The fourth-order valence-electron chi connectivity index (χ4n) is 1.25. The molecule has 1 aromatic carbocycles. The van der Waals surface area contributed by atoms with Crippen LogP contribution < -0.4 is 16.8 Å². The highest BCUT2D eigenvalue weighted by atomic mass is 35.5. The average Bonchev–Trinajstić information content (AvgIpc) is 2.28. The molecule has 18 heavy (non-hydrogen) atoms. The van der Waals surface area contributed by atoms with E-state index in [1.807, 2.05) is 24.5 Å². The minimum atomic E-state index is -0.912. The Morgan fingerprint density at radius 3 is 2.67 bits per heavy atom. The van der Waals surface area contributed by atoms with Crippen LogP contribution in [0, 0.1) is 0 Å². The minimum absolute atomic E-state index is 0. The van der Waals surface area contributed by atoms with Crippen molar-refractivity contribution < 1.29 is 9.59 Å². The number of benzene rings is 1. The highest BCUT2D eigenvalue weighted by molar-refractivity contribution is 7.98. The van der Waals surface area contributed by atoms with E-state index in [-0.39, 0.29) is 18.8 Å². The first-order chi connectivity index (χ1) is 8.02. The molecule has 0 saturated carbocycles. The van der Waals surface area contributed by atoms with Gasteiger partial charge in [-0.25, -0.2) is 0 Å². The molecule has 0 aromatic heterocycles. The minimum Gasteiger partial charge on any atom is -0.370 e. The first-order valence-electron chi connectivity index (χ1n) is 5.01. The molecule has 0 fully saturated rings. The van der Waals surface area contributed by atoms with Gasteiger partial charge in [0.05, 0.1) is 12.5 Å². The lowest BCUT2D eigenvalue weighted by Crippen LogP contribution is -2.38. The summed E-state index contributed by atoms with van der Waals surface area (Å²) in [7, 11) is 0. The molecule has 7 heteroatoms. The molecule has 1 atom stereocenters. The van der Waals surface area contributed by atoms with Crippen molar-refractivity contribution in [3.63, 3.8) is 0 Å². The number of hydrogen-bond donors (Lipinski definition) is 3. The smallest absolute Gasteiger partial charge is 0.241 e. The van der Waals surface area contributed by atoms with Gasteiger partial charge in [0, 0.05) is 10.6 Å². The van der Waals surface area contributed by atoms with E-state index in [0.29, 0.717) is 5.69 Å². The van der Waals surface area contributed by atoms with E-state index >= 15 is 0 Å². The molecule has 1 rings (SSSR count). The topological polar surface area (TPSA) is 98.2 Å². The Morgan fingerprint density at radius 2 is 2.11 bits per heavy atom. The Bertz CT molecular complexity index is 429. The number of nitrogens with one attached hydrogen (secondary N) is 1. The fraction of sp³-hybridized carbons (Fsp3) is 0.273. The molecule has 0 aliphatic carbocycles. The number of anilines is 1. The van der Waals surface area contributed by atoms with Gasteiger partial charge in [-0.15, -0.1) is 24.2 Å². The molecule has 2 amide bonds. The summed E-state index contributed by atoms with van der Waals surface area (Å²) < 4.78 is 0. The predicted octanol–water partition coefficient (Wildman–Crippen LogP) is 0.972. The van der Waals surface area contributed by atoms with Gasteiger partial charge in [0.25, 0.3) is 0 Å². The molecule has 1 unspecified atom stereocenters. The van der Waals surface area contributed by atoms with Crippen molar-refractivity contribution in [2.75, 3.05) is 11.6 Å². The van der Waals surface area contributed by atoms with Gasteiger partial charge >= 0.3 is 0 Å². The maximum atomic E-state index is 11.6. The number of amides is 2. The maximum absolute atomic E-state index is 11.6. The number of nitrogens with two attached hydrogens (primary N) is 2. The van der Waals surface area contributed by atoms with Crippen molar-refractivity contribution in [2.24, 2.45) is 11.5 Å². The van der Waals surface area contributed by atoms with Crippen LogP contribution >= 0.6 is 24.2 Å². The lowest BCUT2D eigenvalue weighted by molar-refractivity contribution is -0.123. The molecule has 0 heterocycles. The van der Waals surface area contributed by atoms with Crippen LogP contribution in [0.3, 0.4) is 0 Å². The number of rotatable bonds is 5. The fourth-order valence-corrected chi connectivity index (χ4v) is 1.70. The van der Waals surface area contributed by atoms with Crippen LogP contribution in [0.5, 0.6) is 0 Å². The standard InChI is InChI=1S/C11H15N3O2S.ClH/c1-17-8-4-2-3-7(5-8)14-11(16)9(12)6-10(13)15;/h2-5,9H,6,12H2,1H3,(H2,13,15)(H,14,16);1H. The van der Waals surface area contributed by atoms with Crippen molar-refractivity contribution >= 4 is 41.7 Å². The molecule has 0 aliphatic rings. The normalized spacial score (nSPS) is 11.2. The Labute approximate surface area is 116 Å². The van der Waals surface area contributed by atoms with Gasteiger partial charge in [-0.05, 0) is 24.5 Å². The number of halogens is 1. The van der Waals surface area contributed by atoms with Crippen LogP contribution in [0.25, 0.3) is 0 Å². The van der Waals surface area contributed by atoms with Gasteiger partial charge in [0.15, 0.2) is 0 Å². The third-order valence-electron chi connectivity index (χ3n) is 2.10. The number of primary amides is 1. The lowest BCUT2D eigenvalue weighted by atomic mass is 10.2. The van der Waals surface area contributed by atoms with E-state index < -0.39 is 17.9 Å². The molecular formula is C11H16ClN3O2S. The first-order valence-corrected chi connectivity index (χ1v) is 6.24. The van der Waals surface area contributed by atoms with Crippen LogP contribution in [0.1, 0.15) is 6.42 Å². The molecular weight excluding hydrogens is 274 g/mol. The summed E-state index contributed by atoms with van der Waals surface area (Å²) >= 11 is 1.57. The average molecular weight is 290 g/mol. The molecule has 1 aromatic rings. The summed E-state index contributed by atoms with van der Waals surface area (Å²) in [5.74, 6) is -1.01. The second-order valence-electron chi connectivity index (χ2n) is 3.50. The third-order valence-corrected chi connectivity index (χ3v) is 2.82. The molecule has 0 saturated heterocycles. The van der Waals surface area contributed by atoms with Gasteiger partial charge in [0.1, 0.15) is 0 Å². The van der Waals surface area contributed by atoms with Gasteiger partial charge in [-0.3, -0.25) is 9.59 Å². The summed E-state index contributed by atoms with van der Waals surface area (Å²) in [4.78, 5) is 23.3. The quantitative estimate of drug-likeness (QED) is 0.704. The molecule has 0 radical (unpaired) electrons. The van der Waals surface area contributed by atoms with Gasteiger partial charge in [0.2, 0.25) is 11.8 Å². The SMILES string of the molecule is CSc1cccc(NC(=O)C(N)CC(N)=O)c1.Cl. The van der Waals surface area contributed by atoms with Crippen LogP contribution in [0.4, 0.5) is 5.69 Å². The summed E-state index contributed by atoms with van der Waals surface area (Å²) in [6, 6.07) is 6.45. The zero-order chi connectivity index (χ0) is 12.8. The number of hydrogen-bond acceptors (Lipinski definition) is 4. The van der Waals surface area contributed by atoms with Crippen molar-refractivity contribution in [3.8, 4) is 0 Å². The Morgan fingerprint density at radius 1 is 1.44 bits per heavy atom. The van der Waals surface area contributed by atoms with Crippen molar-refractivity contribution in [3.05, 3.63) is 24.3 Å².